The Hall–Kier alpha value is -2.83. The fourth-order valence-corrected chi connectivity index (χ4v) is 4.03. The van der Waals surface area contributed by atoms with Crippen LogP contribution in [0.1, 0.15) is 23.1 Å². The van der Waals surface area contributed by atoms with Crippen molar-refractivity contribution in [1.82, 2.24) is 4.98 Å². The zero-order chi connectivity index (χ0) is 17.0. The molecule has 2 aromatic carbocycles. The molecule has 1 aromatic heterocycles. The van der Waals surface area contributed by atoms with E-state index < -0.39 is 0 Å². The van der Waals surface area contributed by atoms with E-state index in [0.29, 0.717) is 11.5 Å². The maximum atomic E-state index is 9.12. The monoisotopic (exact) mass is 343 g/mol. The molecule has 25 heavy (non-hydrogen) atoms. The normalized spacial score (nSPS) is 18.2. The SMILES string of the molecule is N#Cc1ccc2c3c([nH]c2c1)N=C(Cc1ccccc1)[C@H]1CC1=C3Cl. The van der Waals surface area contributed by atoms with Crippen LogP contribution in [0.3, 0.4) is 0 Å². The van der Waals surface area contributed by atoms with Crippen LogP contribution in [0, 0.1) is 17.2 Å². The van der Waals surface area contributed by atoms with Gasteiger partial charge in [-0.05, 0) is 29.7 Å². The first-order valence-corrected chi connectivity index (χ1v) is 8.68. The van der Waals surface area contributed by atoms with E-state index in [4.69, 9.17) is 21.9 Å². The number of aliphatic imine (C=N–C) groups is 1. The van der Waals surface area contributed by atoms with Gasteiger partial charge in [-0.2, -0.15) is 5.26 Å². The van der Waals surface area contributed by atoms with Crippen molar-refractivity contribution in [2.75, 3.05) is 0 Å². The predicted octanol–water partition coefficient (Wildman–Crippen LogP) is 5.34. The molecule has 1 saturated carbocycles. The van der Waals surface area contributed by atoms with E-state index in [1.165, 1.54) is 11.1 Å². The van der Waals surface area contributed by atoms with Crippen molar-refractivity contribution in [3.05, 3.63) is 70.8 Å². The van der Waals surface area contributed by atoms with E-state index in [9.17, 15) is 0 Å². The van der Waals surface area contributed by atoms with Gasteiger partial charge < -0.3 is 4.98 Å². The highest BCUT2D eigenvalue weighted by atomic mass is 35.5. The van der Waals surface area contributed by atoms with Gasteiger partial charge in [-0.3, -0.25) is 0 Å². The van der Waals surface area contributed by atoms with Crippen LogP contribution in [0.5, 0.6) is 0 Å². The highest BCUT2D eigenvalue weighted by molar-refractivity contribution is 6.51. The number of H-pyrrole nitrogens is 1. The third-order valence-electron chi connectivity index (χ3n) is 4.98. The van der Waals surface area contributed by atoms with Gasteiger partial charge in [-0.25, -0.2) is 4.99 Å². The van der Waals surface area contributed by atoms with Crippen molar-refractivity contribution >= 4 is 39.1 Å². The van der Waals surface area contributed by atoms with Gasteiger partial charge in [0, 0.05) is 34.5 Å². The molecule has 3 aromatic rings. The highest BCUT2D eigenvalue weighted by Gasteiger charge is 2.40. The minimum Gasteiger partial charge on any atom is -0.339 e. The number of aromatic amines is 1. The molecule has 5 rings (SSSR count). The van der Waals surface area contributed by atoms with Crippen LogP contribution in [0.15, 0.2) is 59.1 Å². The van der Waals surface area contributed by atoms with E-state index >= 15 is 0 Å². The molecular weight excluding hydrogens is 330 g/mol. The minimum absolute atomic E-state index is 0.363. The van der Waals surface area contributed by atoms with E-state index in [2.05, 4.69) is 35.3 Å². The molecule has 2 aliphatic rings. The number of nitriles is 1. The summed E-state index contributed by atoms with van der Waals surface area (Å²) >= 11 is 6.73. The van der Waals surface area contributed by atoms with Crippen LogP contribution in [0.25, 0.3) is 15.9 Å². The fraction of sp³-hybridized carbons (Fsp3) is 0.143. The van der Waals surface area contributed by atoms with Gasteiger partial charge in [0.1, 0.15) is 5.82 Å². The fourth-order valence-electron chi connectivity index (χ4n) is 3.63. The Morgan fingerprint density at radius 1 is 1.20 bits per heavy atom. The lowest BCUT2D eigenvalue weighted by Crippen LogP contribution is -2.05. The van der Waals surface area contributed by atoms with Gasteiger partial charge in [-0.1, -0.05) is 48.0 Å². The second-order valence-corrected chi connectivity index (χ2v) is 6.96. The Morgan fingerprint density at radius 3 is 2.84 bits per heavy atom. The maximum Gasteiger partial charge on any atom is 0.139 e. The number of hydrogen-bond donors (Lipinski definition) is 1. The minimum atomic E-state index is 0.363. The molecule has 1 atom stereocenters. The van der Waals surface area contributed by atoms with Crippen molar-refractivity contribution in [3.8, 4) is 6.07 Å². The Kier molecular flexibility index (Phi) is 3.10. The van der Waals surface area contributed by atoms with E-state index in [1.54, 1.807) is 0 Å². The quantitative estimate of drug-likeness (QED) is 0.671. The summed E-state index contributed by atoms with van der Waals surface area (Å²) in [6.45, 7) is 0. The standard InChI is InChI=1S/C21H14ClN3/c22-20-16-10-15(16)18(8-12-4-2-1-3-5-12)25-21-19(20)14-7-6-13(11-23)9-17(14)24-21/h1-7,9,15,24H,8,10H2/t15-/m0/s1. The van der Waals surface area contributed by atoms with Crippen molar-refractivity contribution < 1.29 is 0 Å². The van der Waals surface area contributed by atoms with E-state index in [-0.39, 0.29) is 0 Å². The number of aromatic nitrogens is 1. The third-order valence-corrected chi connectivity index (χ3v) is 5.41. The maximum absolute atomic E-state index is 9.12. The van der Waals surface area contributed by atoms with Gasteiger partial charge in [0.25, 0.3) is 0 Å². The summed E-state index contributed by atoms with van der Waals surface area (Å²) in [5.74, 6) is 1.17. The predicted molar refractivity (Wildman–Crippen MR) is 101 cm³/mol. The molecule has 3 nitrogen and oxygen atoms in total. The number of allylic oxidation sites excluding steroid dienone is 1. The summed E-state index contributed by atoms with van der Waals surface area (Å²) in [5, 5.41) is 11.0. The van der Waals surface area contributed by atoms with Crippen LogP contribution < -0.4 is 0 Å². The first kappa shape index (κ1) is 14.5. The molecule has 0 saturated heterocycles. The van der Waals surface area contributed by atoms with Crippen LogP contribution in [-0.4, -0.2) is 10.7 Å². The van der Waals surface area contributed by atoms with Crippen molar-refractivity contribution in [1.29, 1.82) is 5.26 Å². The first-order chi connectivity index (χ1) is 12.2. The second kappa shape index (κ2) is 5.34. The summed E-state index contributed by atoms with van der Waals surface area (Å²) in [7, 11) is 0. The zero-order valence-corrected chi connectivity index (χ0v) is 14.1. The van der Waals surface area contributed by atoms with E-state index in [0.717, 1.165) is 45.9 Å². The van der Waals surface area contributed by atoms with Crippen molar-refractivity contribution in [2.45, 2.75) is 12.8 Å². The highest BCUT2D eigenvalue weighted by Crippen LogP contribution is 2.52. The molecule has 0 bridgehead atoms. The lowest BCUT2D eigenvalue weighted by Gasteiger charge is -2.04. The number of rotatable bonds is 2. The largest absolute Gasteiger partial charge is 0.339 e. The number of hydrogen-bond acceptors (Lipinski definition) is 2. The summed E-state index contributed by atoms with van der Waals surface area (Å²) in [6.07, 6.45) is 1.82. The Balaban J connectivity index is 1.67. The number of benzene rings is 2. The lowest BCUT2D eigenvalue weighted by atomic mass is 10.1. The number of halogens is 1. The molecule has 0 unspecified atom stereocenters. The molecule has 2 heterocycles. The summed E-state index contributed by atoms with van der Waals surface area (Å²) in [4.78, 5) is 8.31. The van der Waals surface area contributed by atoms with Gasteiger partial charge in [0.15, 0.2) is 0 Å². The molecule has 120 valence electrons. The summed E-state index contributed by atoms with van der Waals surface area (Å²) < 4.78 is 0. The molecule has 1 N–H and O–H groups in total. The van der Waals surface area contributed by atoms with Crippen LogP contribution in [0.4, 0.5) is 5.82 Å². The zero-order valence-electron chi connectivity index (χ0n) is 13.4. The Morgan fingerprint density at radius 2 is 2.04 bits per heavy atom. The molecule has 1 aliphatic heterocycles. The molecule has 0 spiro atoms. The van der Waals surface area contributed by atoms with Gasteiger partial charge >= 0.3 is 0 Å². The van der Waals surface area contributed by atoms with Crippen molar-refractivity contribution in [3.63, 3.8) is 0 Å². The Bertz CT molecular complexity index is 1110. The van der Waals surface area contributed by atoms with Crippen molar-refractivity contribution in [2.24, 2.45) is 10.9 Å². The van der Waals surface area contributed by atoms with Crippen LogP contribution in [-0.2, 0) is 6.42 Å². The molecule has 0 amide bonds. The Labute approximate surface area is 150 Å². The smallest absolute Gasteiger partial charge is 0.139 e. The third kappa shape index (κ3) is 2.30. The molecular formula is C21H14ClN3. The molecule has 1 aliphatic carbocycles. The van der Waals surface area contributed by atoms with Crippen LogP contribution >= 0.6 is 11.6 Å². The van der Waals surface area contributed by atoms with Crippen LogP contribution in [0.2, 0.25) is 0 Å². The lowest BCUT2D eigenvalue weighted by molar-refractivity contribution is 1.13. The number of nitrogens with one attached hydrogen (secondary N) is 1. The van der Waals surface area contributed by atoms with Gasteiger partial charge in [-0.15, -0.1) is 0 Å². The molecule has 1 fully saturated rings. The first-order valence-electron chi connectivity index (χ1n) is 8.30. The summed E-state index contributed by atoms with van der Waals surface area (Å²) in [6, 6.07) is 18.2. The average Bonchev–Trinajstić information content (AvgIpc) is 3.37. The van der Waals surface area contributed by atoms with E-state index in [1.807, 2.05) is 24.3 Å². The average molecular weight is 344 g/mol. The number of fused-ring (bicyclic) bond motifs is 4. The second-order valence-electron chi connectivity index (χ2n) is 6.58. The molecule has 4 heteroatoms. The molecule has 0 radical (unpaired) electrons. The van der Waals surface area contributed by atoms with Gasteiger partial charge in [0.05, 0.1) is 16.7 Å². The topological polar surface area (TPSA) is 51.9 Å². The summed E-state index contributed by atoms with van der Waals surface area (Å²) in [5.41, 5.74) is 6.21. The number of nitrogens with zero attached hydrogens (tertiary/aromatic N) is 2. The van der Waals surface area contributed by atoms with Gasteiger partial charge in [0.2, 0.25) is 0 Å².